The molecule has 2 saturated carbocycles. The summed E-state index contributed by atoms with van der Waals surface area (Å²) >= 11 is 0. The van der Waals surface area contributed by atoms with E-state index in [1.807, 2.05) is 0 Å². The summed E-state index contributed by atoms with van der Waals surface area (Å²) < 4.78 is 0. The van der Waals surface area contributed by atoms with Crippen LogP contribution in [0.25, 0.3) is 0 Å². The summed E-state index contributed by atoms with van der Waals surface area (Å²) in [6, 6.07) is -1.02. The zero-order valence-corrected chi connectivity index (χ0v) is 13.0. The highest BCUT2D eigenvalue weighted by Gasteiger charge is 2.52. The van der Waals surface area contributed by atoms with Gasteiger partial charge >= 0.3 is 12.1 Å². The summed E-state index contributed by atoms with van der Waals surface area (Å²) in [6.45, 7) is -0.426. The Morgan fingerprint density at radius 3 is 2.43 bits per heavy atom. The fourth-order valence-electron chi connectivity index (χ4n) is 3.74. The Morgan fingerprint density at radius 1 is 1.13 bits per heavy atom. The van der Waals surface area contributed by atoms with E-state index in [0.29, 0.717) is 12.8 Å². The van der Waals surface area contributed by atoms with Crippen molar-refractivity contribution in [2.75, 3.05) is 6.54 Å². The van der Waals surface area contributed by atoms with Gasteiger partial charge in [0.25, 0.3) is 5.91 Å². The fourth-order valence-corrected chi connectivity index (χ4v) is 3.74. The van der Waals surface area contributed by atoms with Gasteiger partial charge in [0, 0.05) is 6.04 Å². The van der Waals surface area contributed by atoms with Crippen LogP contribution in [0.2, 0.25) is 0 Å². The molecule has 1 aliphatic heterocycles. The molecule has 3 N–H and O–H groups in total. The summed E-state index contributed by atoms with van der Waals surface area (Å²) in [7, 11) is 0. The molecular formula is C15H22N4O4. The minimum absolute atomic E-state index is 0.0984. The monoisotopic (exact) mass is 322 g/mol. The van der Waals surface area contributed by atoms with Gasteiger partial charge in [-0.25, -0.2) is 9.59 Å². The minimum Gasteiger partial charge on any atom is -0.335 e. The van der Waals surface area contributed by atoms with Crippen LogP contribution in [0.5, 0.6) is 0 Å². The normalized spacial score (nSPS) is 23.4. The Hall–Kier alpha value is -2.12. The summed E-state index contributed by atoms with van der Waals surface area (Å²) in [5.74, 6) is -1.01. The van der Waals surface area contributed by atoms with Crippen LogP contribution in [0.15, 0.2) is 0 Å². The van der Waals surface area contributed by atoms with E-state index in [2.05, 4.69) is 16.0 Å². The van der Waals surface area contributed by atoms with Gasteiger partial charge in [-0.1, -0.05) is 25.7 Å². The van der Waals surface area contributed by atoms with Crippen LogP contribution < -0.4 is 16.0 Å². The molecule has 3 fully saturated rings. The van der Waals surface area contributed by atoms with Gasteiger partial charge in [-0.05, 0) is 25.7 Å². The molecule has 0 bridgehead atoms. The van der Waals surface area contributed by atoms with Gasteiger partial charge in [-0.15, -0.1) is 0 Å². The fraction of sp³-hybridized carbons (Fsp3) is 0.733. The van der Waals surface area contributed by atoms with Gasteiger partial charge in [0.1, 0.15) is 12.1 Å². The van der Waals surface area contributed by atoms with Gasteiger partial charge < -0.3 is 10.6 Å². The van der Waals surface area contributed by atoms with Crippen molar-refractivity contribution in [2.24, 2.45) is 0 Å². The average molecular weight is 322 g/mol. The molecule has 0 aromatic carbocycles. The second kappa shape index (κ2) is 6.17. The third-order valence-electron chi connectivity index (χ3n) is 4.95. The van der Waals surface area contributed by atoms with Crippen molar-refractivity contribution in [1.29, 1.82) is 0 Å². The van der Waals surface area contributed by atoms with Crippen LogP contribution in [0.1, 0.15) is 51.4 Å². The van der Waals surface area contributed by atoms with E-state index < -0.39 is 30.1 Å². The molecule has 0 atom stereocenters. The summed E-state index contributed by atoms with van der Waals surface area (Å²) in [5, 5.41) is 7.63. The maximum Gasteiger partial charge on any atom is 0.325 e. The molecule has 0 radical (unpaired) electrons. The zero-order valence-electron chi connectivity index (χ0n) is 13.0. The minimum atomic E-state index is -0.830. The number of imide groups is 2. The van der Waals surface area contributed by atoms with E-state index >= 15 is 0 Å². The van der Waals surface area contributed by atoms with Gasteiger partial charge in [0.05, 0.1) is 0 Å². The van der Waals surface area contributed by atoms with E-state index in [0.717, 1.165) is 43.4 Å². The highest BCUT2D eigenvalue weighted by molar-refractivity contribution is 6.10. The number of nitrogens with zero attached hydrogens (tertiary/aromatic N) is 1. The molecule has 6 amide bonds. The predicted octanol–water partition coefficient (Wildman–Crippen LogP) is 0.619. The van der Waals surface area contributed by atoms with Crippen LogP contribution in [0.3, 0.4) is 0 Å². The highest BCUT2D eigenvalue weighted by atomic mass is 16.2. The quantitative estimate of drug-likeness (QED) is 0.662. The van der Waals surface area contributed by atoms with Crippen molar-refractivity contribution < 1.29 is 19.2 Å². The van der Waals surface area contributed by atoms with Crippen molar-refractivity contribution in [3.05, 3.63) is 0 Å². The molecule has 8 nitrogen and oxygen atoms in total. The van der Waals surface area contributed by atoms with Crippen LogP contribution in [-0.4, -0.2) is 46.9 Å². The van der Waals surface area contributed by atoms with Gasteiger partial charge in [-0.2, -0.15) is 0 Å². The highest BCUT2D eigenvalue weighted by Crippen LogP contribution is 2.34. The molecule has 3 aliphatic rings. The first kappa shape index (κ1) is 15.8. The second-order valence-electron chi connectivity index (χ2n) is 6.61. The third-order valence-corrected chi connectivity index (χ3v) is 4.95. The molecule has 0 unspecified atom stereocenters. The molecule has 1 heterocycles. The standard InChI is InChI=1S/C15H22N4O4/c20-11(17-13(22)16-10-5-1-2-6-10)9-19-12(21)15(18-14(19)23)7-3-4-8-15/h10H,1-9H2,(H,18,23)(H2,16,17,20,22). The van der Waals surface area contributed by atoms with Crippen LogP contribution >= 0.6 is 0 Å². The average Bonchev–Trinajstić information content (AvgIpc) is 3.19. The molecule has 23 heavy (non-hydrogen) atoms. The van der Waals surface area contributed by atoms with Crippen molar-refractivity contribution >= 4 is 23.9 Å². The lowest BCUT2D eigenvalue weighted by Crippen LogP contribution is -2.49. The number of nitrogens with one attached hydrogen (secondary N) is 3. The van der Waals surface area contributed by atoms with Crippen molar-refractivity contribution in [1.82, 2.24) is 20.9 Å². The molecular weight excluding hydrogens is 300 g/mol. The summed E-state index contributed by atoms with van der Waals surface area (Å²) in [6.07, 6.45) is 6.96. The lowest BCUT2D eigenvalue weighted by molar-refractivity contribution is -0.134. The smallest absolute Gasteiger partial charge is 0.325 e. The Labute approximate surface area is 134 Å². The van der Waals surface area contributed by atoms with Crippen molar-refractivity contribution in [3.8, 4) is 0 Å². The first-order valence-electron chi connectivity index (χ1n) is 8.25. The topological polar surface area (TPSA) is 108 Å². The molecule has 2 aliphatic carbocycles. The Bertz CT molecular complexity index is 536. The molecule has 0 aromatic rings. The van der Waals surface area contributed by atoms with Crippen LogP contribution in [-0.2, 0) is 9.59 Å². The van der Waals surface area contributed by atoms with Crippen LogP contribution in [0.4, 0.5) is 9.59 Å². The van der Waals surface area contributed by atoms with Crippen LogP contribution in [0, 0.1) is 0 Å². The van der Waals surface area contributed by atoms with Gasteiger partial charge in [0.2, 0.25) is 5.91 Å². The van der Waals surface area contributed by atoms with E-state index in [9.17, 15) is 19.2 Å². The zero-order chi connectivity index (χ0) is 16.4. The first-order chi connectivity index (χ1) is 11.0. The molecule has 1 spiro atoms. The Morgan fingerprint density at radius 2 is 1.78 bits per heavy atom. The maximum absolute atomic E-state index is 12.4. The SMILES string of the molecule is O=C(CN1C(=O)NC2(CCCC2)C1=O)NC(=O)NC1CCCC1. The van der Waals surface area contributed by atoms with E-state index in [4.69, 9.17) is 0 Å². The molecule has 8 heteroatoms. The molecule has 3 rings (SSSR count). The Balaban J connectivity index is 1.52. The van der Waals surface area contributed by atoms with Gasteiger partial charge in [0.15, 0.2) is 0 Å². The van der Waals surface area contributed by atoms with Gasteiger partial charge in [-0.3, -0.25) is 19.8 Å². The number of hydrogen-bond donors (Lipinski definition) is 3. The third kappa shape index (κ3) is 3.16. The number of urea groups is 2. The van der Waals surface area contributed by atoms with E-state index in [1.165, 1.54) is 0 Å². The molecule has 126 valence electrons. The number of amides is 6. The lowest BCUT2D eigenvalue weighted by atomic mass is 9.98. The predicted molar refractivity (Wildman–Crippen MR) is 80.4 cm³/mol. The number of hydrogen-bond acceptors (Lipinski definition) is 4. The largest absolute Gasteiger partial charge is 0.335 e. The first-order valence-corrected chi connectivity index (χ1v) is 8.25. The summed E-state index contributed by atoms with van der Waals surface area (Å²) in [5.41, 5.74) is -0.830. The van der Waals surface area contributed by atoms with E-state index in [1.54, 1.807) is 0 Å². The van der Waals surface area contributed by atoms with Crippen molar-refractivity contribution in [2.45, 2.75) is 62.9 Å². The molecule has 0 aromatic heterocycles. The lowest BCUT2D eigenvalue weighted by Gasteiger charge is -2.19. The second-order valence-corrected chi connectivity index (χ2v) is 6.61. The number of carbonyl (C=O) groups excluding carboxylic acids is 4. The number of carbonyl (C=O) groups is 4. The Kier molecular flexibility index (Phi) is 4.23. The number of rotatable bonds is 3. The maximum atomic E-state index is 12.4. The molecule has 1 saturated heterocycles. The van der Waals surface area contributed by atoms with Crippen molar-refractivity contribution in [3.63, 3.8) is 0 Å². The van der Waals surface area contributed by atoms with E-state index in [-0.39, 0.29) is 11.9 Å². The summed E-state index contributed by atoms with van der Waals surface area (Å²) in [4.78, 5) is 48.9.